The van der Waals surface area contributed by atoms with Crippen LogP contribution in [0.25, 0.3) is 0 Å². The summed E-state index contributed by atoms with van der Waals surface area (Å²) in [5.74, 6) is 1.08. The van der Waals surface area contributed by atoms with E-state index >= 15 is 0 Å². The molecule has 1 amide bonds. The van der Waals surface area contributed by atoms with E-state index in [-0.39, 0.29) is 17.6 Å². The Morgan fingerprint density at radius 3 is 2.69 bits per heavy atom. The Morgan fingerprint density at radius 1 is 1.31 bits per heavy atom. The van der Waals surface area contributed by atoms with Gasteiger partial charge in [0.1, 0.15) is 16.8 Å². The van der Waals surface area contributed by atoms with Gasteiger partial charge in [-0.3, -0.25) is 4.79 Å². The molecule has 137 valence electrons. The van der Waals surface area contributed by atoms with Gasteiger partial charge in [0.25, 0.3) is 0 Å². The first-order chi connectivity index (χ1) is 12.5. The first-order valence-electron chi connectivity index (χ1n) is 8.80. The quantitative estimate of drug-likeness (QED) is 0.601. The molecule has 0 spiro atoms. The highest BCUT2D eigenvalue weighted by atomic mass is 35.5. The lowest BCUT2D eigenvalue weighted by atomic mass is 10.1. The number of hydrogen-bond acceptors (Lipinski definition) is 5. The van der Waals surface area contributed by atoms with Gasteiger partial charge in [-0.15, -0.1) is 0 Å². The number of carbonyl (C=O) groups excluding carboxylic acids is 1. The molecule has 1 saturated carbocycles. The number of nitrogen functional groups attached to an aromatic ring is 1. The SMILES string of the molecule is CN(CC(=O)NC1CCCC1)c1[c]c(Cl)nc(Cc2ccc(N)cc2)n1. The van der Waals surface area contributed by atoms with Crippen LogP contribution in [0, 0.1) is 6.07 Å². The number of likely N-dealkylation sites (N-methyl/N-ethyl adjacent to an activating group) is 1. The molecule has 3 rings (SSSR count). The standard InChI is InChI=1S/C19H23ClN5O/c1-25(12-19(26)22-15-4-2-3-5-15)18-11-16(20)23-17(24-18)10-13-6-8-14(21)9-7-13/h6-9,15H,2-5,10,12,21H2,1H3,(H,22,26). The van der Waals surface area contributed by atoms with Crippen LogP contribution in [0.15, 0.2) is 24.3 Å². The van der Waals surface area contributed by atoms with Gasteiger partial charge >= 0.3 is 0 Å². The first kappa shape index (κ1) is 18.5. The maximum absolute atomic E-state index is 12.2. The number of nitrogens with two attached hydrogens (primary N) is 1. The average Bonchev–Trinajstić information content (AvgIpc) is 3.09. The Kier molecular flexibility index (Phi) is 5.93. The van der Waals surface area contributed by atoms with E-state index in [9.17, 15) is 4.79 Å². The van der Waals surface area contributed by atoms with Gasteiger partial charge in [-0.1, -0.05) is 36.6 Å². The number of rotatable bonds is 6. The van der Waals surface area contributed by atoms with Gasteiger partial charge in [0.15, 0.2) is 0 Å². The third-order valence-corrected chi connectivity index (χ3v) is 4.66. The molecular formula is C19H23ClN5O. The molecule has 1 heterocycles. The molecule has 0 saturated heterocycles. The van der Waals surface area contributed by atoms with E-state index in [1.54, 1.807) is 11.9 Å². The summed E-state index contributed by atoms with van der Waals surface area (Å²) < 4.78 is 0. The van der Waals surface area contributed by atoms with Crippen molar-refractivity contribution in [2.24, 2.45) is 0 Å². The zero-order valence-corrected chi connectivity index (χ0v) is 15.6. The van der Waals surface area contributed by atoms with Crippen LogP contribution in [0.2, 0.25) is 5.15 Å². The number of carbonyl (C=O) groups is 1. The largest absolute Gasteiger partial charge is 0.399 e. The van der Waals surface area contributed by atoms with Crippen molar-refractivity contribution < 1.29 is 4.79 Å². The van der Waals surface area contributed by atoms with Crippen LogP contribution in [0.4, 0.5) is 11.5 Å². The van der Waals surface area contributed by atoms with Crippen LogP contribution in [-0.4, -0.2) is 35.5 Å². The van der Waals surface area contributed by atoms with Gasteiger partial charge in [-0.2, -0.15) is 0 Å². The number of hydrogen-bond donors (Lipinski definition) is 2. The minimum absolute atomic E-state index is 0.0115. The molecule has 0 atom stereocenters. The van der Waals surface area contributed by atoms with Crippen LogP contribution < -0.4 is 16.0 Å². The number of aromatic nitrogens is 2. The summed E-state index contributed by atoms with van der Waals surface area (Å²) in [4.78, 5) is 22.7. The Morgan fingerprint density at radius 2 is 2.00 bits per heavy atom. The van der Waals surface area contributed by atoms with E-state index in [4.69, 9.17) is 17.3 Å². The van der Waals surface area contributed by atoms with Gasteiger partial charge in [0.2, 0.25) is 5.91 Å². The van der Waals surface area contributed by atoms with Gasteiger partial charge in [0.05, 0.1) is 12.6 Å². The molecule has 1 aliphatic carbocycles. The molecule has 0 bridgehead atoms. The zero-order chi connectivity index (χ0) is 18.5. The molecule has 2 aromatic rings. The molecule has 0 unspecified atom stereocenters. The summed E-state index contributed by atoms with van der Waals surface area (Å²) in [6, 6.07) is 10.8. The van der Waals surface area contributed by atoms with E-state index in [0.717, 1.165) is 18.4 Å². The molecule has 1 radical (unpaired) electrons. The highest BCUT2D eigenvalue weighted by molar-refractivity contribution is 6.29. The number of benzene rings is 1. The van der Waals surface area contributed by atoms with Crippen molar-refractivity contribution in [3.8, 4) is 0 Å². The smallest absolute Gasteiger partial charge is 0.239 e. The fourth-order valence-corrected chi connectivity index (χ4v) is 3.30. The van der Waals surface area contributed by atoms with Crippen LogP contribution in [0.1, 0.15) is 37.1 Å². The minimum Gasteiger partial charge on any atom is -0.399 e. The summed E-state index contributed by atoms with van der Waals surface area (Å²) in [7, 11) is 1.80. The highest BCUT2D eigenvalue weighted by Gasteiger charge is 2.18. The summed E-state index contributed by atoms with van der Waals surface area (Å²) in [5.41, 5.74) is 7.46. The van der Waals surface area contributed by atoms with Crippen molar-refractivity contribution in [3.63, 3.8) is 0 Å². The van der Waals surface area contributed by atoms with Crippen LogP contribution >= 0.6 is 11.6 Å². The average molecular weight is 373 g/mol. The van der Waals surface area contributed by atoms with E-state index in [1.165, 1.54) is 12.8 Å². The van der Waals surface area contributed by atoms with E-state index in [0.29, 0.717) is 29.8 Å². The minimum atomic E-state index is -0.0115. The van der Waals surface area contributed by atoms with Crippen LogP contribution in [-0.2, 0) is 11.2 Å². The molecule has 26 heavy (non-hydrogen) atoms. The van der Waals surface area contributed by atoms with Gasteiger partial charge < -0.3 is 16.0 Å². The maximum Gasteiger partial charge on any atom is 0.239 e. The maximum atomic E-state index is 12.2. The molecule has 0 aliphatic heterocycles. The van der Waals surface area contributed by atoms with E-state index < -0.39 is 0 Å². The van der Waals surface area contributed by atoms with Crippen molar-refractivity contribution >= 4 is 29.0 Å². The number of halogens is 1. The fourth-order valence-electron chi connectivity index (χ4n) is 3.12. The molecule has 1 aromatic carbocycles. The van der Waals surface area contributed by atoms with Crippen LogP contribution in [0.3, 0.4) is 0 Å². The van der Waals surface area contributed by atoms with E-state index in [2.05, 4.69) is 21.4 Å². The summed E-state index contributed by atoms with van der Waals surface area (Å²) >= 11 is 6.11. The van der Waals surface area contributed by atoms with Gasteiger partial charge in [-0.05, 0) is 30.5 Å². The van der Waals surface area contributed by atoms with Crippen molar-refractivity contribution in [3.05, 3.63) is 46.9 Å². The van der Waals surface area contributed by atoms with Crippen molar-refractivity contribution in [1.82, 2.24) is 15.3 Å². The lowest BCUT2D eigenvalue weighted by Gasteiger charge is -2.20. The lowest BCUT2D eigenvalue weighted by molar-refractivity contribution is -0.120. The van der Waals surface area contributed by atoms with Gasteiger partial charge in [0, 0.05) is 25.2 Å². The lowest BCUT2D eigenvalue weighted by Crippen LogP contribution is -2.40. The number of nitrogens with zero attached hydrogens (tertiary/aromatic N) is 3. The molecule has 1 fully saturated rings. The normalized spacial score (nSPS) is 14.4. The molecule has 7 heteroatoms. The first-order valence-corrected chi connectivity index (χ1v) is 9.18. The summed E-state index contributed by atoms with van der Waals surface area (Å²) in [6.45, 7) is 0.210. The topological polar surface area (TPSA) is 84.1 Å². The highest BCUT2D eigenvalue weighted by Crippen LogP contribution is 2.19. The predicted octanol–water partition coefficient (Wildman–Crippen LogP) is 2.60. The van der Waals surface area contributed by atoms with E-state index in [1.807, 2.05) is 24.3 Å². The van der Waals surface area contributed by atoms with Crippen molar-refractivity contribution in [2.45, 2.75) is 38.1 Å². The molecule has 1 aromatic heterocycles. The Labute approximate surface area is 158 Å². The second-order valence-electron chi connectivity index (χ2n) is 6.70. The Balaban J connectivity index is 1.65. The number of amides is 1. The molecule has 3 N–H and O–H groups in total. The molecule has 1 aliphatic rings. The Hall–Kier alpha value is -2.34. The number of nitrogens with one attached hydrogen (secondary N) is 1. The van der Waals surface area contributed by atoms with Gasteiger partial charge in [-0.25, -0.2) is 9.97 Å². The third-order valence-electron chi connectivity index (χ3n) is 4.48. The van der Waals surface area contributed by atoms with Crippen molar-refractivity contribution in [2.75, 3.05) is 24.2 Å². The Bertz CT molecular complexity index is 759. The zero-order valence-electron chi connectivity index (χ0n) is 14.8. The van der Waals surface area contributed by atoms with Crippen molar-refractivity contribution in [1.29, 1.82) is 0 Å². The fraction of sp³-hybridized carbons (Fsp3) is 0.421. The monoisotopic (exact) mass is 372 g/mol. The summed E-state index contributed by atoms with van der Waals surface area (Å²) in [5, 5.41) is 3.31. The third kappa shape index (κ3) is 5.08. The van der Waals surface area contributed by atoms with Crippen LogP contribution in [0.5, 0.6) is 0 Å². The second kappa shape index (κ2) is 8.36. The summed E-state index contributed by atoms with van der Waals surface area (Å²) in [6.07, 6.45) is 5.03. The predicted molar refractivity (Wildman–Crippen MR) is 103 cm³/mol. The molecular weight excluding hydrogens is 350 g/mol. The number of anilines is 2. The second-order valence-corrected chi connectivity index (χ2v) is 7.06. The molecule has 6 nitrogen and oxygen atoms in total.